The lowest BCUT2D eigenvalue weighted by atomic mass is 9.95. The lowest BCUT2D eigenvalue weighted by Gasteiger charge is -2.34. The van der Waals surface area contributed by atoms with E-state index in [1.807, 2.05) is 6.92 Å². The molecule has 2 amide bonds. The number of likely N-dealkylation sites (tertiary alicyclic amines) is 1. The summed E-state index contributed by atoms with van der Waals surface area (Å²) in [6, 6.07) is -0.569. The van der Waals surface area contributed by atoms with Gasteiger partial charge >= 0.3 is 0 Å². The molecule has 2 aliphatic heterocycles. The van der Waals surface area contributed by atoms with Gasteiger partial charge in [0.1, 0.15) is 6.04 Å². The SMILES string of the molecule is CCNCC1CCN(C(C(=O)NC(C)C(=O)N2CCCCN2)C2CCCC2)C1. The number of amides is 2. The Kier molecular flexibility index (Phi) is 8.11. The first kappa shape index (κ1) is 21.5. The minimum atomic E-state index is -0.484. The number of carbonyl (C=O) groups is 2. The fourth-order valence-corrected chi connectivity index (χ4v) is 5.05. The minimum absolute atomic E-state index is 0.0235. The number of nitrogens with one attached hydrogen (secondary N) is 3. The summed E-state index contributed by atoms with van der Waals surface area (Å²) >= 11 is 0. The van der Waals surface area contributed by atoms with Gasteiger partial charge in [0.2, 0.25) is 5.91 Å². The monoisotopic (exact) mass is 393 g/mol. The number of rotatable bonds is 8. The van der Waals surface area contributed by atoms with E-state index in [1.54, 1.807) is 5.01 Å². The number of hydrazine groups is 1. The van der Waals surface area contributed by atoms with Gasteiger partial charge in [-0.2, -0.15) is 0 Å². The first-order valence-corrected chi connectivity index (χ1v) is 11.4. The maximum atomic E-state index is 13.3. The summed E-state index contributed by atoms with van der Waals surface area (Å²) in [5.41, 5.74) is 3.15. The lowest BCUT2D eigenvalue weighted by Crippen LogP contribution is -2.58. The van der Waals surface area contributed by atoms with Crippen molar-refractivity contribution in [2.45, 2.75) is 70.9 Å². The Morgan fingerprint density at radius 2 is 1.89 bits per heavy atom. The Labute approximate surface area is 169 Å². The maximum absolute atomic E-state index is 13.3. The predicted octanol–water partition coefficient (Wildman–Crippen LogP) is 1.11. The van der Waals surface area contributed by atoms with Crippen molar-refractivity contribution in [3.8, 4) is 0 Å². The molecule has 0 spiro atoms. The Balaban J connectivity index is 1.59. The fourth-order valence-electron chi connectivity index (χ4n) is 5.05. The fraction of sp³-hybridized carbons (Fsp3) is 0.905. The van der Waals surface area contributed by atoms with Gasteiger partial charge in [0, 0.05) is 19.6 Å². The zero-order valence-electron chi connectivity index (χ0n) is 17.7. The molecule has 28 heavy (non-hydrogen) atoms. The molecule has 3 aliphatic rings. The van der Waals surface area contributed by atoms with Crippen molar-refractivity contribution in [2.24, 2.45) is 11.8 Å². The number of hydrogen-bond acceptors (Lipinski definition) is 5. The van der Waals surface area contributed by atoms with E-state index < -0.39 is 6.04 Å². The highest BCUT2D eigenvalue weighted by Crippen LogP contribution is 2.33. The molecule has 2 saturated heterocycles. The standard InChI is InChI=1S/C21H39N5O2/c1-3-22-14-17-10-13-25(15-17)19(18-8-4-5-9-18)20(27)24-16(2)21(28)26-12-7-6-11-23-26/h16-19,22-23H,3-15H2,1-2H3,(H,24,27). The summed E-state index contributed by atoms with van der Waals surface area (Å²) in [6.07, 6.45) is 7.95. The average molecular weight is 394 g/mol. The van der Waals surface area contributed by atoms with Gasteiger partial charge in [-0.05, 0) is 70.5 Å². The van der Waals surface area contributed by atoms with Gasteiger partial charge in [0.25, 0.3) is 5.91 Å². The zero-order chi connectivity index (χ0) is 19.9. The van der Waals surface area contributed by atoms with Crippen LogP contribution in [0.15, 0.2) is 0 Å². The molecule has 160 valence electrons. The van der Waals surface area contributed by atoms with Gasteiger partial charge in [-0.1, -0.05) is 19.8 Å². The van der Waals surface area contributed by atoms with Gasteiger partial charge in [-0.25, -0.2) is 5.43 Å². The van der Waals surface area contributed by atoms with Crippen molar-refractivity contribution in [3.63, 3.8) is 0 Å². The molecule has 1 saturated carbocycles. The number of carbonyl (C=O) groups excluding carboxylic acids is 2. The van der Waals surface area contributed by atoms with Crippen molar-refractivity contribution in [1.29, 1.82) is 0 Å². The highest BCUT2D eigenvalue weighted by molar-refractivity contribution is 5.89. The zero-order valence-corrected chi connectivity index (χ0v) is 17.7. The summed E-state index contributed by atoms with van der Waals surface area (Å²) in [7, 11) is 0. The van der Waals surface area contributed by atoms with E-state index in [0.717, 1.165) is 71.4 Å². The van der Waals surface area contributed by atoms with Gasteiger partial charge in [0.05, 0.1) is 6.04 Å². The van der Waals surface area contributed by atoms with Crippen molar-refractivity contribution >= 4 is 11.8 Å². The van der Waals surface area contributed by atoms with E-state index >= 15 is 0 Å². The second kappa shape index (κ2) is 10.6. The Morgan fingerprint density at radius 3 is 2.57 bits per heavy atom. The minimum Gasteiger partial charge on any atom is -0.343 e. The van der Waals surface area contributed by atoms with Crippen LogP contribution in [-0.2, 0) is 9.59 Å². The molecular formula is C21H39N5O2. The van der Waals surface area contributed by atoms with Crippen molar-refractivity contribution in [1.82, 2.24) is 26.0 Å². The predicted molar refractivity (Wildman–Crippen MR) is 111 cm³/mol. The van der Waals surface area contributed by atoms with Crippen LogP contribution in [0.3, 0.4) is 0 Å². The largest absolute Gasteiger partial charge is 0.343 e. The van der Waals surface area contributed by atoms with Gasteiger partial charge in [-0.3, -0.25) is 19.5 Å². The molecular weight excluding hydrogens is 354 g/mol. The average Bonchev–Trinajstić information content (AvgIpc) is 3.39. The summed E-state index contributed by atoms with van der Waals surface area (Å²) in [6.45, 7) is 9.51. The molecule has 3 atom stereocenters. The maximum Gasteiger partial charge on any atom is 0.258 e. The smallest absolute Gasteiger partial charge is 0.258 e. The molecule has 7 heteroatoms. The van der Waals surface area contributed by atoms with Crippen LogP contribution in [0.25, 0.3) is 0 Å². The van der Waals surface area contributed by atoms with E-state index in [0.29, 0.717) is 11.8 Å². The van der Waals surface area contributed by atoms with E-state index in [-0.39, 0.29) is 17.9 Å². The van der Waals surface area contributed by atoms with E-state index in [1.165, 1.54) is 12.8 Å². The van der Waals surface area contributed by atoms with E-state index in [9.17, 15) is 9.59 Å². The molecule has 0 bridgehead atoms. The first-order chi connectivity index (χ1) is 13.6. The third kappa shape index (κ3) is 5.45. The van der Waals surface area contributed by atoms with Crippen molar-refractivity contribution < 1.29 is 9.59 Å². The quantitative estimate of drug-likeness (QED) is 0.576. The molecule has 7 nitrogen and oxygen atoms in total. The van der Waals surface area contributed by atoms with Crippen LogP contribution in [0.5, 0.6) is 0 Å². The molecule has 3 rings (SSSR count). The highest BCUT2D eigenvalue weighted by Gasteiger charge is 2.39. The van der Waals surface area contributed by atoms with E-state index in [2.05, 4.69) is 27.9 Å². The van der Waals surface area contributed by atoms with Gasteiger partial charge in [-0.15, -0.1) is 0 Å². The van der Waals surface area contributed by atoms with Crippen LogP contribution in [0.2, 0.25) is 0 Å². The van der Waals surface area contributed by atoms with E-state index in [4.69, 9.17) is 0 Å². The molecule has 3 unspecified atom stereocenters. The van der Waals surface area contributed by atoms with Crippen LogP contribution >= 0.6 is 0 Å². The molecule has 3 N–H and O–H groups in total. The number of nitrogens with zero attached hydrogens (tertiary/aromatic N) is 2. The van der Waals surface area contributed by atoms with Crippen LogP contribution in [0, 0.1) is 11.8 Å². The van der Waals surface area contributed by atoms with Gasteiger partial charge in [0.15, 0.2) is 0 Å². The highest BCUT2D eigenvalue weighted by atomic mass is 16.2. The first-order valence-electron chi connectivity index (χ1n) is 11.4. The van der Waals surface area contributed by atoms with Crippen LogP contribution < -0.4 is 16.1 Å². The molecule has 1 aliphatic carbocycles. The van der Waals surface area contributed by atoms with Crippen LogP contribution in [-0.4, -0.2) is 73.1 Å². The molecule has 0 aromatic rings. The van der Waals surface area contributed by atoms with Crippen LogP contribution in [0.4, 0.5) is 0 Å². The third-order valence-electron chi connectivity index (χ3n) is 6.62. The Bertz CT molecular complexity index is 517. The second-order valence-corrected chi connectivity index (χ2v) is 8.78. The topological polar surface area (TPSA) is 76.7 Å². The lowest BCUT2D eigenvalue weighted by molar-refractivity contribution is -0.141. The molecule has 0 radical (unpaired) electrons. The second-order valence-electron chi connectivity index (χ2n) is 8.78. The van der Waals surface area contributed by atoms with Crippen LogP contribution in [0.1, 0.15) is 58.8 Å². The summed E-state index contributed by atoms with van der Waals surface area (Å²) < 4.78 is 0. The summed E-state index contributed by atoms with van der Waals surface area (Å²) in [5.74, 6) is 1.07. The molecule has 3 fully saturated rings. The normalized spacial score (nSPS) is 26.4. The molecule has 0 aromatic heterocycles. The van der Waals surface area contributed by atoms with Crippen molar-refractivity contribution in [3.05, 3.63) is 0 Å². The third-order valence-corrected chi connectivity index (χ3v) is 6.62. The molecule has 0 aromatic carbocycles. The van der Waals surface area contributed by atoms with Gasteiger partial charge < -0.3 is 10.6 Å². The Morgan fingerprint density at radius 1 is 1.11 bits per heavy atom. The Hall–Kier alpha value is -1.18. The molecule has 2 heterocycles. The summed E-state index contributed by atoms with van der Waals surface area (Å²) in [4.78, 5) is 28.4. The number of hydrogen-bond donors (Lipinski definition) is 3. The summed E-state index contributed by atoms with van der Waals surface area (Å²) in [5, 5.41) is 8.19. The van der Waals surface area contributed by atoms with Crippen molar-refractivity contribution in [2.75, 3.05) is 39.3 Å².